The summed E-state index contributed by atoms with van der Waals surface area (Å²) in [5.74, 6) is 0. The number of anilines is 1. The van der Waals surface area contributed by atoms with Crippen LogP contribution < -0.4 is 11.1 Å². The van der Waals surface area contributed by atoms with Crippen molar-refractivity contribution in [1.29, 1.82) is 0 Å². The predicted molar refractivity (Wildman–Crippen MR) is 65.9 cm³/mol. The zero-order chi connectivity index (χ0) is 13.1. The van der Waals surface area contributed by atoms with Gasteiger partial charge >= 0.3 is 6.18 Å². The highest BCUT2D eigenvalue weighted by atomic mass is 79.9. The molecule has 0 radical (unpaired) electrons. The van der Waals surface area contributed by atoms with E-state index in [0.29, 0.717) is 17.4 Å². The van der Waals surface area contributed by atoms with Gasteiger partial charge in [0.05, 0.1) is 5.56 Å². The molecule has 0 heterocycles. The first-order valence-corrected chi connectivity index (χ1v) is 6.01. The van der Waals surface area contributed by atoms with Crippen LogP contribution in [0.1, 0.15) is 18.9 Å². The maximum atomic E-state index is 12.8. The second kappa shape index (κ2) is 5.73. The fraction of sp³-hybridized carbons (Fsp3) is 0.455. The minimum atomic E-state index is -4.38. The lowest BCUT2D eigenvalue weighted by Crippen LogP contribution is -2.29. The second-order valence-corrected chi connectivity index (χ2v) is 4.59. The minimum absolute atomic E-state index is 0.0676. The summed E-state index contributed by atoms with van der Waals surface area (Å²) in [4.78, 5) is 0. The van der Waals surface area contributed by atoms with Gasteiger partial charge in [-0.3, -0.25) is 0 Å². The molecule has 0 bridgehead atoms. The number of benzene rings is 1. The first-order valence-electron chi connectivity index (χ1n) is 5.21. The Bertz CT molecular complexity index is 375. The van der Waals surface area contributed by atoms with Crippen molar-refractivity contribution in [3.05, 3.63) is 28.2 Å². The minimum Gasteiger partial charge on any atom is -0.381 e. The Hall–Kier alpha value is -0.750. The van der Waals surface area contributed by atoms with E-state index in [1.54, 1.807) is 6.07 Å². The number of alkyl halides is 3. The highest BCUT2D eigenvalue weighted by Crippen LogP contribution is 2.36. The first kappa shape index (κ1) is 14.3. The smallest absolute Gasteiger partial charge is 0.381 e. The van der Waals surface area contributed by atoms with Crippen molar-refractivity contribution in [3.63, 3.8) is 0 Å². The molecule has 2 nitrogen and oxygen atoms in total. The third-order valence-electron chi connectivity index (χ3n) is 2.42. The van der Waals surface area contributed by atoms with Crippen LogP contribution in [0.2, 0.25) is 0 Å². The van der Waals surface area contributed by atoms with Crippen molar-refractivity contribution in [1.82, 2.24) is 0 Å². The van der Waals surface area contributed by atoms with Gasteiger partial charge in [-0.2, -0.15) is 13.2 Å². The number of hydrogen-bond donors (Lipinski definition) is 2. The Balaban J connectivity index is 3.06. The molecule has 6 heteroatoms. The summed E-state index contributed by atoms with van der Waals surface area (Å²) in [6.45, 7) is 2.17. The van der Waals surface area contributed by atoms with E-state index < -0.39 is 11.7 Å². The van der Waals surface area contributed by atoms with E-state index >= 15 is 0 Å². The largest absolute Gasteiger partial charge is 0.418 e. The van der Waals surface area contributed by atoms with Crippen molar-refractivity contribution in [2.75, 3.05) is 11.9 Å². The number of nitrogens with two attached hydrogens (primary N) is 1. The molecule has 3 N–H and O–H groups in total. The molecule has 0 aromatic heterocycles. The molecule has 1 aromatic rings. The van der Waals surface area contributed by atoms with Crippen LogP contribution in [0.3, 0.4) is 0 Å². The molecule has 1 rings (SSSR count). The standard InChI is InChI=1S/C11H14BrF3N2/c1-2-8(6-16)17-10-4-3-7(12)5-9(10)11(13,14)15/h3-5,8,17H,2,6,16H2,1H3. The summed E-state index contributed by atoms with van der Waals surface area (Å²) in [6, 6.07) is 3.88. The Morgan fingerprint density at radius 3 is 2.53 bits per heavy atom. The summed E-state index contributed by atoms with van der Waals surface area (Å²) in [5, 5.41) is 2.81. The van der Waals surface area contributed by atoms with Crippen LogP contribution in [-0.4, -0.2) is 12.6 Å². The highest BCUT2D eigenvalue weighted by molar-refractivity contribution is 9.10. The van der Waals surface area contributed by atoms with Crippen LogP contribution in [-0.2, 0) is 6.18 Å². The Labute approximate surface area is 107 Å². The summed E-state index contributed by atoms with van der Waals surface area (Å²) in [6.07, 6.45) is -3.71. The van der Waals surface area contributed by atoms with Crippen molar-refractivity contribution < 1.29 is 13.2 Å². The molecule has 1 aromatic carbocycles. The van der Waals surface area contributed by atoms with E-state index in [1.807, 2.05) is 6.92 Å². The molecule has 0 saturated heterocycles. The molecule has 17 heavy (non-hydrogen) atoms. The summed E-state index contributed by atoms with van der Waals surface area (Å²) in [5.41, 5.74) is 4.85. The van der Waals surface area contributed by atoms with Gasteiger partial charge in [-0.15, -0.1) is 0 Å². The predicted octanol–water partition coefficient (Wildman–Crippen LogP) is 3.62. The van der Waals surface area contributed by atoms with Crippen molar-refractivity contribution in [2.45, 2.75) is 25.6 Å². The van der Waals surface area contributed by atoms with Crippen LogP contribution in [0.25, 0.3) is 0 Å². The monoisotopic (exact) mass is 310 g/mol. The van der Waals surface area contributed by atoms with Crippen molar-refractivity contribution >= 4 is 21.6 Å². The Morgan fingerprint density at radius 2 is 2.06 bits per heavy atom. The molecule has 0 saturated carbocycles. The maximum Gasteiger partial charge on any atom is 0.418 e. The lowest BCUT2D eigenvalue weighted by molar-refractivity contribution is -0.137. The number of nitrogens with one attached hydrogen (secondary N) is 1. The van der Waals surface area contributed by atoms with Gasteiger partial charge in [-0.05, 0) is 24.6 Å². The van der Waals surface area contributed by atoms with Crippen molar-refractivity contribution in [2.24, 2.45) is 5.73 Å². The third kappa shape index (κ3) is 3.89. The van der Waals surface area contributed by atoms with Gasteiger partial charge < -0.3 is 11.1 Å². The van der Waals surface area contributed by atoms with Crippen LogP contribution in [0.15, 0.2) is 22.7 Å². The summed E-state index contributed by atoms with van der Waals surface area (Å²) >= 11 is 3.04. The fourth-order valence-corrected chi connectivity index (χ4v) is 1.79. The second-order valence-electron chi connectivity index (χ2n) is 3.67. The van der Waals surface area contributed by atoms with E-state index in [2.05, 4.69) is 21.2 Å². The van der Waals surface area contributed by atoms with E-state index in [-0.39, 0.29) is 11.7 Å². The van der Waals surface area contributed by atoms with Gasteiger partial charge in [-0.1, -0.05) is 22.9 Å². The van der Waals surface area contributed by atoms with Crippen molar-refractivity contribution in [3.8, 4) is 0 Å². The summed E-state index contributed by atoms with van der Waals surface area (Å²) in [7, 11) is 0. The topological polar surface area (TPSA) is 38.0 Å². The van der Waals surface area contributed by atoms with Gasteiger partial charge in [-0.25, -0.2) is 0 Å². The first-order chi connectivity index (χ1) is 7.88. The van der Waals surface area contributed by atoms with Gasteiger partial charge in [0.25, 0.3) is 0 Å². The number of hydrogen-bond acceptors (Lipinski definition) is 2. The van der Waals surface area contributed by atoms with Crippen LogP contribution in [0, 0.1) is 0 Å². The average molecular weight is 311 g/mol. The van der Waals surface area contributed by atoms with E-state index in [4.69, 9.17) is 5.73 Å². The molecule has 1 unspecified atom stereocenters. The van der Waals surface area contributed by atoms with E-state index in [0.717, 1.165) is 6.07 Å². The molecule has 1 atom stereocenters. The normalized spacial score (nSPS) is 13.5. The van der Waals surface area contributed by atoms with Crippen LogP contribution >= 0.6 is 15.9 Å². The molecular formula is C11H14BrF3N2. The molecule has 0 aliphatic heterocycles. The Kier molecular flexibility index (Phi) is 4.82. The Morgan fingerprint density at radius 1 is 1.41 bits per heavy atom. The lowest BCUT2D eigenvalue weighted by Gasteiger charge is -2.20. The van der Waals surface area contributed by atoms with Gasteiger partial charge in [0, 0.05) is 22.7 Å². The number of rotatable bonds is 4. The summed E-state index contributed by atoms with van der Waals surface area (Å²) < 4.78 is 38.8. The van der Waals surface area contributed by atoms with Crippen LogP contribution in [0.4, 0.5) is 18.9 Å². The van der Waals surface area contributed by atoms with Gasteiger partial charge in [0.1, 0.15) is 0 Å². The van der Waals surface area contributed by atoms with E-state index in [1.165, 1.54) is 6.07 Å². The molecule has 0 fully saturated rings. The maximum absolute atomic E-state index is 12.8. The van der Waals surface area contributed by atoms with E-state index in [9.17, 15) is 13.2 Å². The molecular weight excluding hydrogens is 297 g/mol. The zero-order valence-electron chi connectivity index (χ0n) is 9.31. The zero-order valence-corrected chi connectivity index (χ0v) is 10.9. The quantitative estimate of drug-likeness (QED) is 0.891. The van der Waals surface area contributed by atoms with Gasteiger partial charge in [0.2, 0.25) is 0 Å². The SMILES string of the molecule is CCC(CN)Nc1ccc(Br)cc1C(F)(F)F. The molecule has 96 valence electrons. The highest BCUT2D eigenvalue weighted by Gasteiger charge is 2.34. The average Bonchev–Trinajstić information content (AvgIpc) is 2.26. The van der Waals surface area contributed by atoms with Gasteiger partial charge in [0.15, 0.2) is 0 Å². The lowest BCUT2D eigenvalue weighted by atomic mass is 10.1. The van der Waals surface area contributed by atoms with Crippen LogP contribution in [0.5, 0.6) is 0 Å². The molecule has 0 amide bonds. The number of halogens is 4. The molecule has 0 spiro atoms. The molecule has 0 aliphatic carbocycles. The molecule has 0 aliphatic rings. The third-order valence-corrected chi connectivity index (χ3v) is 2.92. The fourth-order valence-electron chi connectivity index (χ4n) is 1.42.